The van der Waals surface area contributed by atoms with Gasteiger partial charge < -0.3 is 4.74 Å². The molecule has 2 aromatic carbocycles. The van der Waals surface area contributed by atoms with Crippen molar-refractivity contribution in [2.75, 3.05) is 18.6 Å². The van der Waals surface area contributed by atoms with Gasteiger partial charge in [0.2, 0.25) is 0 Å². The van der Waals surface area contributed by atoms with E-state index in [0.29, 0.717) is 6.42 Å². The Morgan fingerprint density at radius 3 is 2.81 bits per heavy atom. The molecule has 0 fully saturated rings. The van der Waals surface area contributed by atoms with Crippen molar-refractivity contribution in [1.29, 1.82) is 0 Å². The molecule has 3 heteroatoms. The van der Waals surface area contributed by atoms with Gasteiger partial charge in [0, 0.05) is 12.2 Å². The number of carbonyl (C=O) groups is 1. The minimum absolute atomic E-state index is 0.123. The van der Waals surface area contributed by atoms with E-state index in [1.165, 1.54) is 23.4 Å². The van der Waals surface area contributed by atoms with Crippen LogP contribution in [-0.4, -0.2) is 24.6 Å². The van der Waals surface area contributed by atoms with Crippen LogP contribution in [-0.2, 0) is 9.53 Å². The second-order valence-corrected chi connectivity index (χ2v) is 5.91. The molecular formula is C18H20O2S. The number of esters is 1. The van der Waals surface area contributed by atoms with Crippen LogP contribution < -0.4 is 0 Å². The molecule has 2 aromatic rings. The number of ether oxygens (including phenoxy) is 1. The van der Waals surface area contributed by atoms with Gasteiger partial charge in [0.1, 0.15) is 0 Å². The predicted octanol–water partition coefficient (Wildman–Crippen LogP) is 4.54. The van der Waals surface area contributed by atoms with E-state index < -0.39 is 0 Å². The first-order chi connectivity index (χ1) is 10.3. The molecular weight excluding hydrogens is 280 g/mol. The molecule has 0 spiro atoms. The number of hydrogen-bond acceptors (Lipinski definition) is 3. The first-order valence-electron chi connectivity index (χ1n) is 7.09. The average molecular weight is 300 g/mol. The lowest BCUT2D eigenvalue weighted by Gasteiger charge is -2.00. The van der Waals surface area contributed by atoms with Crippen molar-refractivity contribution < 1.29 is 9.53 Å². The third-order valence-electron chi connectivity index (χ3n) is 3.20. The molecule has 0 aliphatic carbocycles. The fourth-order valence-corrected chi connectivity index (χ4v) is 2.82. The zero-order chi connectivity index (χ0) is 14.9. The Morgan fingerprint density at radius 1 is 1.19 bits per heavy atom. The lowest BCUT2D eigenvalue weighted by Crippen LogP contribution is -2.00. The van der Waals surface area contributed by atoms with Crippen LogP contribution in [0.25, 0.3) is 16.8 Å². The Bertz CT molecular complexity index is 619. The highest BCUT2D eigenvalue weighted by molar-refractivity contribution is 7.99. The minimum Gasteiger partial charge on any atom is -0.469 e. The Hall–Kier alpha value is -1.74. The number of rotatable bonds is 7. The van der Waals surface area contributed by atoms with E-state index in [4.69, 9.17) is 0 Å². The molecule has 0 radical (unpaired) electrons. The van der Waals surface area contributed by atoms with Crippen molar-refractivity contribution in [2.24, 2.45) is 0 Å². The number of methoxy groups -OCH3 is 1. The summed E-state index contributed by atoms with van der Waals surface area (Å²) in [5.74, 6) is 1.83. The van der Waals surface area contributed by atoms with E-state index in [1.54, 1.807) is 0 Å². The molecule has 0 atom stereocenters. The van der Waals surface area contributed by atoms with Crippen LogP contribution in [0.15, 0.2) is 48.5 Å². The maximum atomic E-state index is 10.9. The van der Waals surface area contributed by atoms with Gasteiger partial charge in [-0.05, 0) is 34.6 Å². The van der Waals surface area contributed by atoms with Gasteiger partial charge in [-0.3, -0.25) is 4.79 Å². The van der Waals surface area contributed by atoms with Crippen LogP contribution in [0.4, 0.5) is 0 Å². The van der Waals surface area contributed by atoms with E-state index in [2.05, 4.69) is 59.4 Å². The summed E-state index contributed by atoms with van der Waals surface area (Å²) in [6.07, 6.45) is 5.71. The van der Waals surface area contributed by atoms with Crippen molar-refractivity contribution >= 4 is 34.6 Å². The normalized spacial score (nSPS) is 11.1. The van der Waals surface area contributed by atoms with Crippen LogP contribution in [0, 0.1) is 0 Å². The molecule has 0 aliphatic rings. The molecule has 0 bridgehead atoms. The highest BCUT2D eigenvalue weighted by atomic mass is 32.2. The molecule has 0 unspecified atom stereocenters. The second-order valence-electron chi connectivity index (χ2n) is 4.76. The summed E-state index contributed by atoms with van der Waals surface area (Å²) in [5.41, 5.74) is 1.23. The summed E-state index contributed by atoms with van der Waals surface area (Å²) in [4.78, 5) is 10.9. The lowest BCUT2D eigenvalue weighted by atomic mass is 10.1. The number of fused-ring (bicyclic) bond motifs is 1. The SMILES string of the molecule is COC(=O)CCCSC/C=C/c1ccc2ccccc2c1. The molecule has 2 rings (SSSR count). The number of thioether (sulfide) groups is 1. The van der Waals surface area contributed by atoms with E-state index in [0.717, 1.165) is 17.9 Å². The molecule has 0 heterocycles. The predicted molar refractivity (Wildman–Crippen MR) is 91.6 cm³/mol. The first-order valence-corrected chi connectivity index (χ1v) is 8.25. The Morgan fingerprint density at radius 2 is 2.00 bits per heavy atom. The number of carbonyl (C=O) groups excluding carboxylic acids is 1. The van der Waals surface area contributed by atoms with Gasteiger partial charge in [0.25, 0.3) is 0 Å². The highest BCUT2D eigenvalue weighted by Gasteiger charge is 1.98. The van der Waals surface area contributed by atoms with Crippen LogP contribution in [0.3, 0.4) is 0 Å². The quantitative estimate of drug-likeness (QED) is 0.555. The fraction of sp³-hybridized carbons (Fsp3) is 0.278. The summed E-state index contributed by atoms with van der Waals surface area (Å²) in [6.45, 7) is 0. The van der Waals surface area contributed by atoms with Crippen LogP contribution in [0.2, 0.25) is 0 Å². The van der Waals surface area contributed by atoms with Crippen molar-refractivity contribution in [2.45, 2.75) is 12.8 Å². The average Bonchev–Trinajstić information content (AvgIpc) is 2.53. The molecule has 2 nitrogen and oxygen atoms in total. The van der Waals surface area contributed by atoms with Crippen molar-refractivity contribution in [3.8, 4) is 0 Å². The van der Waals surface area contributed by atoms with Gasteiger partial charge in [0.05, 0.1) is 7.11 Å². The molecule has 0 aliphatic heterocycles. The Labute approximate surface area is 130 Å². The first kappa shape index (κ1) is 15.6. The summed E-state index contributed by atoms with van der Waals surface area (Å²) in [6, 6.07) is 14.9. The van der Waals surface area contributed by atoms with E-state index in [-0.39, 0.29) is 5.97 Å². The Balaban J connectivity index is 1.74. The zero-order valence-electron chi connectivity index (χ0n) is 12.2. The summed E-state index contributed by atoms with van der Waals surface area (Å²) >= 11 is 1.83. The minimum atomic E-state index is -0.123. The summed E-state index contributed by atoms with van der Waals surface area (Å²) in [5, 5.41) is 2.54. The van der Waals surface area contributed by atoms with Crippen molar-refractivity contribution in [1.82, 2.24) is 0 Å². The largest absolute Gasteiger partial charge is 0.469 e. The van der Waals surface area contributed by atoms with Crippen LogP contribution in [0.1, 0.15) is 18.4 Å². The third-order valence-corrected chi connectivity index (χ3v) is 4.20. The summed E-state index contributed by atoms with van der Waals surface area (Å²) in [7, 11) is 1.43. The van der Waals surface area contributed by atoms with Gasteiger partial charge in [0.15, 0.2) is 0 Å². The third kappa shape index (κ3) is 5.27. The van der Waals surface area contributed by atoms with Crippen molar-refractivity contribution in [3.63, 3.8) is 0 Å². The fourth-order valence-electron chi connectivity index (χ4n) is 2.07. The molecule has 0 aromatic heterocycles. The standard InChI is InChI=1S/C18H20O2S/c1-20-18(19)9-5-13-21-12-4-6-15-10-11-16-7-2-3-8-17(16)14-15/h2-4,6-8,10-11,14H,5,9,12-13H2,1H3/b6-4+. The van der Waals surface area contributed by atoms with Crippen LogP contribution >= 0.6 is 11.8 Å². The van der Waals surface area contributed by atoms with Crippen molar-refractivity contribution in [3.05, 3.63) is 54.1 Å². The highest BCUT2D eigenvalue weighted by Crippen LogP contribution is 2.16. The van der Waals surface area contributed by atoms with E-state index in [9.17, 15) is 4.79 Å². The molecule has 0 saturated carbocycles. The monoisotopic (exact) mass is 300 g/mol. The smallest absolute Gasteiger partial charge is 0.305 e. The zero-order valence-corrected chi connectivity index (χ0v) is 13.1. The van der Waals surface area contributed by atoms with Gasteiger partial charge in [-0.2, -0.15) is 11.8 Å². The summed E-state index contributed by atoms with van der Waals surface area (Å²) < 4.78 is 4.61. The van der Waals surface area contributed by atoms with E-state index >= 15 is 0 Å². The molecule has 0 N–H and O–H groups in total. The molecule has 110 valence electrons. The topological polar surface area (TPSA) is 26.3 Å². The number of benzene rings is 2. The molecule has 0 amide bonds. The maximum absolute atomic E-state index is 10.9. The molecule has 0 saturated heterocycles. The van der Waals surface area contributed by atoms with Gasteiger partial charge >= 0.3 is 5.97 Å². The van der Waals surface area contributed by atoms with Gasteiger partial charge in [-0.1, -0.05) is 48.6 Å². The molecule has 21 heavy (non-hydrogen) atoms. The lowest BCUT2D eigenvalue weighted by molar-refractivity contribution is -0.140. The van der Waals surface area contributed by atoms with Crippen LogP contribution in [0.5, 0.6) is 0 Å². The van der Waals surface area contributed by atoms with E-state index in [1.807, 2.05) is 11.8 Å². The second kappa shape index (κ2) is 8.53. The number of hydrogen-bond donors (Lipinski definition) is 0. The maximum Gasteiger partial charge on any atom is 0.305 e. The van der Waals surface area contributed by atoms with Gasteiger partial charge in [-0.25, -0.2) is 0 Å². The Kier molecular flexibility index (Phi) is 6.35. The van der Waals surface area contributed by atoms with Gasteiger partial charge in [-0.15, -0.1) is 0 Å².